The Balaban J connectivity index is 1.47. The molecule has 0 spiro atoms. The van der Waals surface area contributed by atoms with Crippen LogP contribution in [-0.2, 0) is 14.8 Å². The Bertz CT molecular complexity index is 1770. The Hall–Kier alpha value is -4.04. The highest BCUT2D eigenvalue weighted by Crippen LogP contribution is 2.40. The van der Waals surface area contributed by atoms with Crippen LogP contribution in [0, 0.1) is 17.5 Å². The van der Waals surface area contributed by atoms with Gasteiger partial charge < -0.3 is 10.2 Å². The average Bonchev–Trinajstić information content (AvgIpc) is 3.42. The third kappa shape index (κ3) is 6.80. The maximum atomic E-state index is 14.8. The van der Waals surface area contributed by atoms with Crippen molar-refractivity contribution in [3.8, 4) is 21.8 Å². The molecule has 1 amide bonds. The van der Waals surface area contributed by atoms with Gasteiger partial charge in [-0.1, -0.05) is 13.8 Å². The van der Waals surface area contributed by atoms with Gasteiger partial charge in [0.1, 0.15) is 22.3 Å². The van der Waals surface area contributed by atoms with Crippen molar-refractivity contribution in [1.82, 2.24) is 19.9 Å². The summed E-state index contributed by atoms with van der Waals surface area (Å²) in [5, 5.41) is 4.13. The molecule has 1 aliphatic rings. The Kier molecular flexibility index (Phi) is 8.69. The summed E-state index contributed by atoms with van der Waals surface area (Å²) in [4.78, 5) is 27.0. The minimum atomic E-state index is -4.66. The zero-order chi connectivity index (χ0) is 30.9. The fourth-order valence-electron chi connectivity index (χ4n) is 4.66. The summed E-state index contributed by atoms with van der Waals surface area (Å²) in [6, 6.07) is 7.62. The lowest BCUT2D eigenvalue weighted by atomic mass is 10.1. The predicted molar refractivity (Wildman–Crippen MR) is 159 cm³/mol. The van der Waals surface area contributed by atoms with E-state index in [1.54, 1.807) is 24.1 Å². The monoisotopic (exact) mass is 630 g/mol. The molecule has 0 bridgehead atoms. The first-order valence-corrected chi connectivity index (χ1v) is 15.8. The molecule has 14 heteroatoms. The van der Waals surface area contributed by atoms with Crippen molar-refractivity contribution in [3.05, 3.63) is 71.1 Å². The number of sulfonamides is 1. The molecule has 9 nitrogen and oxygen atoms in total. The van der Waals surface area contributed by atoms with E-state index in [1.807, 2.05) is 18.6 Å². The third-order valence-corrected chi connectivity index (χ3v) is 9.73. The maximum absolute atomic E-state index is 14.8. The van der Waals surface area contributed by atoms with Gasteiger partial charge >= 0.3 is 0 Å². The van der Waals surface area contributed by atoms with Crippen molar-refractivity contribution in [3.63, 3.8) is 0 Å². The number of nitrogens with zero attached hydrogens (tertiary/aromatic N) is 4. The molecule has 43 heavy (non-hydrogen) atoms. The summed E-state index contributed by atoms with van der Waals surface area (Å²) >= 11 is 1.40. The molecule has 2 N–H and O–H groups in total. The molecule has 0 aliphatic carbocycles. The smallest absolute Gasteiger partial charge is 0.265 e. The van der Waals surface area contributed by atoms with E-state index in [2.05, 4.69) is 10.3 Å². The number of aromatic nitrogens is 3. The Morgan fingerprint density at radius 1 is 1.02 bits per heavy atom. The quantitative estimate of drug-likeness (QED) is 0.244. The number of nitrogens with one attached hydrogen (secondary N) is 2. The number of benzene rings is 2. The Labute approximate surface area is 251 Å². The number of halogens is 3. The number of hydrogen-bond donors (Lipinski definition) is 2. The molecular formula is C29H29F3N6O3S2. The van der Waals surface area contributed by atoms with E-state index in [0.717, 1.165) is 30.0 Å². The van der Waals surface area contributed by atoms with E-state index in [9.17, 15) is 26.4 Å². The number of anilines is 2. The second-order valence-electron chi connectivity index (χ2n) is 10.4. The largest absolute Gasteiger partial charge is 0.351 e. The molecule has 2 aromatic heterocycles. The standard InChI is InChI=1S/C29H29F3N6O3S2/c1-16(2)28-36-26(18-4-6-21(31)24(14-18)37-43(40,41)25-15-19(30)5-7-22(25)32)27(42-28)23-8-11-33-29(35-23)34-20-9-12-38(13-10-20)17(3)39/h4-8,11,14-16,20,37H,9-10,12-13H2,1-3H3,(H,33,34,35). The summed E-state index contributed by atoms with van der Waals surface area (Å²) in [5.74, 6) is -2.52. The van der Waals surface area contributed by atoms with Crippen LogP contribution in [0.3, 0.4) is 0 Å². The fraction of sp³-hybridized carbons (Fsp3) is 0.310. The molecule has 4 aromatic rings. The van der Waals surface area contributed by atoms with Crippen molar-refractivity contribution >= 4 is 38.9 Å². The van der Waals surface area contributed by atoms with Crippen LogP contribution in [0.1, 0.15) is 44.5 Å². The van der Waals surface area contributed by atoms with Crippen molar-refractivity contribution in [2.75, 3.05) is 23.1 Å². The molecule has 0 atom stereocenters. The average molecular weight is 631 g/mol. The van der Waals surface area contributed by atoms with Gasteiger partial charge in [-0.15, -0.1) is 11.3 Å². The van der Waals surface area contributed by atoms with Gasteiger partial charge in [-0.2, -0.15) is 0 Å². The van der Waals surface area contributed by atoms with Gasteiger partial charge in [-0.25, -0.2) is 36.5 Å². The van der Waals surface area contributed by atoms with Gasteiger partial charge in [0.25, 0.3) is 10.0 Å². The molecule has 3 heterocycles. The van der Waals surface area contributed by atoms with Crippen LogP contribution < -0.4 is 10.0 Å². The zero-order valence-corrected chi connectivity index (χ0v) is 25.2. The van der Waals surface area contributed by atoms with E-state index in [4.69, 9.17) is 9.97 Å². The highest BCUT2D eigenvalue weighted by atomic mass is 32.2. The third-order valence-electron chi connectivity index (χ3n) is 6.97. The molecule has 2 aromatic carbocycles. The van der Waals surface area contributed by atoms with E-state index in [-0.39, 0.29) is 17.9 Å². The number of carbonyl (C=O) groups is 1. The van der Waals surface area contributed by atoms with Crippen LogP contribution in [0.25, 0.3) is 21.8 Å². The molecule has 1 saturated heterocycles. The first-order chi connectivity index (χ1) is 20.4. The van der Waals surface area contributed by atoms with Gasteiger partial charge in [-0.05, 0) is 55.3 Å². The van der Waals surface area contributed by atoms with Gasteiger partial charge in [0.2, 0.25) is 11.9 Å². The summed E-state index contributed by atoms with van der Waals surface area (Å²) < 4.78 is 70.6. The normalized spacial score (nSPS) is 14.3. The number of hydrogen-bond acceptors (Lipinski definition) is 8. The van der Waals surface area contributed by atoms with Gasteiger partial charge in [-0.3, -0.25) is 9.52 Å². The van der Waals surface area contributed by atoms with Crippen molar-refractivity contribution < 1.29 is 26.4 Å². The van der Waals surface area contributed by atoms with E-state index >= 15 is 0 Å². The topological polar surface area (TPSA) is 117 Å². The molecule has 0 radical (unpaired) electrons. The maximum Gasteiger partial charge on any atom is 0.265 e. The van der Waals surface area contributed by atoms with Gasteiger partial charge in [0, 0.05) is 43.7 Å². The van der Waals surface area contributed by atoms with Crippen LogP contribution >= 0.6 is 11.3 Å². The highest BCUT2D eigenvalue weighted by molar-refractivity contribution is 7.92. The van der Waals surface area contributed by atoms with E-state index < -0.39 is 38.1 Å². The number of amides is 1. The summed E-state index contributed by atoms with van der Waals surface area (Å²) in [7, 11) is -4.66. The summed E-state index contributed by atoms with van der Waals surface area (Å²) in [6.07, 6.45) is 3.13. The van der Waals surface area contributed by atoms with Crippen molar-refractivity contribution in [1.29, 1.82) is 0 Å². The van der Waals surface area contributed by atoms with Gasteiger partial charge in [0.15, 0.2) is 0 Å². The predicted octanol–water partition coefficient (Wildman–Crippen LogP) is 6.03. The number of rotatable bonds is 8. The summed E-state index contributed by atoms with van der Waals surface area (Å²) in [6.45, 7) is 6.80. The number of carbonyl (C=O) groups excluding carboxylic acids is 1. The first-order valence-electron chi connectivity index (χ1n) is 13.5. The lowest BCUT2D eigenvalue weighted by molar-refractivity contribution is -0.129. The van der Waals surface area contributed by atoms with Crippen LogP contribution in [0.2, 0.25) is 0 Å². The van der Waals surface area contributed by atoms with Crippen LogP contribution in [0.5, 0.6) is 0 Å². The molecule has 1 fully saturated rings. The van der Waals surface area contributed by atoms with Gasteiger partial charge in [0.05, 0.1) is 27.0 Å². The minimum Gasteiger partial charge on any atom is -0.351 e. The lowest BCUT2D eigenvalue weighted by Gasteiger charge is -2.31. The minimum absolute atomic E-state index is 0.0493. The number of likely N-dealkylation sites (tertiary alicyclic amines) is 1. The molecule has 0 unspecified atom stereocenters. The molecule has 1 aliphatic heterocycles. The SMILES string of the molecule is CC(=O)N1CCC(Nc2nccc(-c3sc(C(C)C)nc3-c3ccc(F)c(NS(=O)(=O)c4cc(F)ccc4F)c3)n2)CC1. The Morgan fingerprint density at radius 3 is 2.44 bits per heavy atom. The summed E-state index contributed by atoms with van der Waals surface area (Å²) in [5.41, 5.74) is 0.951. The van der Waals surface area contributed by atoms with Crippen LogP contribution in [0.15, 0.2) is 53.6 Å². The molecule has 0 saturated carbocycles. The number of thiazole rings is 1. The van der Waals surface area contributed by atoms with Crippen LogP contribution in [-0.4, -0.2) is 53.3 Å². The molecule has 5 rings (SSSR count). The van der Waals surface area contributed by atoms with Crippen LogP contribution in [0.4, 0.5) is 24.8 Å². The van der Waals surface area contributed by atoms with Crippen molar-refractivity contribution in [2.45, 2.75) is 50.5 Å². The lowest BCUT2D eigenvalue weighted by Crippen LogP contribution is -2.41. The fourth-order valence-corrected chi connectivity index (χ4v) is 6.87. The molecular weight excluding hydrogens is 601 g/mol. The first kappa shape index (κ1) is 30.4. The van der Waals surface area contributed by atoms with E-state index in [0.29, 0.717) is 53.0 Å². The highest BCUT2D eigenvalue weighted by Gasteiger charge is 2.25. The van der Waals surface area contributed by atoms with E-state index in [1.165, 1.54) is 23.5 Å². The number of piperidine rings is 1. The van der Waals surface area contributed by atoms with Crippen molar-refractivity contribution in [2.24, 2.45) is 0 Å². The molecule has 226 valence electrons. The second-order valence-corrected chi connectivity index (χ2v) is 13.1. The zero-order valence-electron chi connectivity index (χ0n) is 23.6. The Morgan fingerprint density at radius 2 is 1.74 bits per heavy atom. The second kappa shape index (κ2) is 12.3.